The van der Waals surface area contributed by atoms with Crippen LogP contribution in [0.3, 0.4) is 0 Å². The smallest absolute Gasteiger partial charge is 0.376 e. The predicted molar refractivity (Wildman–Crippen MR) is 133 cm³/mol. The van der Waals surface area contributed by atoms with Crippen molar-refractivity contribution >= 4 is 28.3 Å². The number of rotatable bonds is 8. The maximum atomic E-state index is 13.3. The Morgan fingerprint density at radius 1 is 1.11 bits per heavy atom. The highest BCUT2D eigenvalue weighted by Gasteiger charge is 2.51. The zero-order valence-electron chi connectivity index (χ0n) is 20.0. The van der Waals surface area contributed by atoms with Crippen molar-refractivity contribution in [3.05, 3.63) is 54.1 Å². The van der Waals surface area contributed by atoms with Gasteiger partial charge in [0.2, 0.25) is 10.0 Å². The normalized spacial score (nSPS) is 19.7. The predicted octanol–water partition coefficient (Wildman–Crippen LogP) is 3.87. The molecule has 2 aromatic carbocycles. The standard InChI is InChI=1S/C24H32F3N3O3S2/c1-17(2)14-28-15-20-16-29(35(32,33)22-7-5-4-6-21(22)34)12-13-30(20)19-10-8-18(9-11-19)23(3,31)24(25,26)27/h4-11,17,20,28,31,34H,12-16H2,1-3H3/t20-,23?/m0/s1. The SMILES string of the molecule is CC(C)CNC[C@H]1CN(S(=O)(=O)c2ccccc2S)CCN1c1ccc(C(C)(O)C(F)(F)F)cc1. The van der Waals surface area contributed by atoms with E-state index in [1.807, 2.05) is 4.90 Å². The van der Waals surface area contributed by atoms with Crippen molar-refractivity contribution in [1.82, 2.24) is 9.62 Å². The molecule has 0 aromatic heterocycles. The first-order chi connectivity index (χ1) is 16.2. The maximum Gasteiger partial charge on any atom is 0.421 e. The van der Waals surface area contributed by atoms with Gasteiger partial charge in [0.1, 0.15) is 0 Å². The van der Waals surface area contributed by atoms with Crippen molar-refractivity contribution in [2.75, 3.05) is 37.6 Å². The molecule has 0 saturated carbocycles. The van der Waals surface area contributed by atoms with Gasteiger partial charge in [0.05, 0.1) is 10.9 Å². The highest BCUT2D eigenvalue weighted by molar-refractivity contribution is 7.90. The molecule has 1 fully saturated rings. The lowest BCUT2D eigenvalue weighted by molar-refractivity contribution is -0.258. The third-order valence-corrected chi connectivity index (χ3v) is 8.64. The molecule has 0 amide bonds. The van der Waals surface area contributed by atoms with Crippen LogP contribution in [-0.4, -0.2) is 62.8 Å². The lowest BCUT2D eigenvalue weighted by Gasteiger charge is -2.42. The second-order valence-corrected chi connectivity index (χ2v) is 11.7. The van der Waals surface area contributed by atoms with Crippen molar-refractivity contribution in [3.63, 3.8) is 0 Å². The Hall–Kier alpha value is -1.79. The van der Waals surface area contributed by atoms with Gasteiger partial charge >= 0.3 is 6.18 Å². The molecule has 1 saturated heterocycles. The minimum atomic E-state index is -4.80. The minimum absolute atomic E-state index is 0.143. The highest BCUT2D eigenvalue weighted by atomic mass is 32.2. The molecule has 0 aliphatic carbocycles. The molecule has 0 bridgehead atoms. The van der Waals surface area contributed by atoms with E-state index in [-0.39, 0.29) is 29.6 Å². The fraction of sp³-hybridized carbons (Fsp3) is 0.500. The maximum absolute atomic E-state index is 13.3. The Morgan fingerprint density at radius 3 is 2.31 bits per heavy atom. The molecule has 2 atom stereocenters. The van der Waals surface area contributed by atoms with Crippen molar-refractivity contribution in [3.8, 4) is 0 Å². The number of alkyl halides is 3. The summed E-state index contributed by atoms with van der Waals surface area (Å²) in [7, 11) is -3.77. The molecule has 6 nitrogen and oxygen atoms in total. The minimum Gasteiger partial charge on any atom is -0.376 e. The number of nitrogens with one attached hydrogen (secondary N) is 1. The third kappa shape index (κ3) is 6.14. The van der Waals surface area contributed by atoms with Crippen LogP contribution in [0.5, 0.6) is 0 Å². The lowest BCUT2D eigenvalue weighted by Crippen LogP contribution is -2.58. The molecule has 1 unspecified atom stereocenters. The Bertz CT molecular complexity index is 1110. The first kappa shape index (κ1) is 27.8. The fourth-order valence-corrected chi connectivity index (χ4v) is 6.11. The third-order valence-electron chi connectivity index (χ3n) is 6.17. The number of aliphatic hydroxyl groups is 1. The summed E-state index contributed by atoms with van der Waals surface area (Å²) in [5, 5.41) is 13.3. The van der Waals surface area contributed by atoms with Crippen molar-refractivity contribution in [2.45, 2.75) is 48.4 Å². The van der Waals surface area contributed by atoms with Crippen LogP contribution in [0.4, 0.5) is 18.9 Å². The fourth-order valence-electron chi connectivity index (χ4n) is 4.05. The number of thiol groups is 1. The van der Waals surface area contributed by atoms with Crippen LogP contribution in [0, 0.1) is 5.92 Å². The van der Waals surface area contributed by atoms with E-state index in [0.717, 1.165) is 13.5 Å². The molecule has 2 aromatic rings. The van der Waals surface area contributed by atoms with E-state index in [0.29, 0.717) is 29.6 Å². The van der Waals surface area contributed by atoms with E-state index < -0.39 is 21.8 Å². The summed E-state index contributed by atoms with van der Waals surface area (Å²) in [4.78, 5) is 2.51. The lowest BCUT2D eigenvalue weighted by atomic mass is 9.95. The zero-order valence-corrected chi connectivity index (χ0v) is 21.7. The number of hydrogen-bond donors (Lipinski definition) is 3. The summed E-state index contributed by atoms with van der Waals surface area (Å²) >= 11 is 4.31. The van der Waals surface area contributed by atoms with Gasteiger partial charge in [-0.3, -0.25) is 0 Å². The molecule has 1 aliphatic heterocycles. The van der Waals surface area contributed by atoms with E-state index in [1.54, 1.807) is 18.2 Å². The number of nitrogens with zero attached hydrogens (tertiary/aromatic N) is 2. The van der Waals surface area contributed by atoms with E-state index in [9.17, 15) is 26.7 Å². The number of piperazine rings is 1. The van der Waals surface area contributed by atoms with Gasteiger partial charge in [0.15, 0.2) is 5.60 Å². The monoisotopic (exact) mass is 531 g/mol. The molecule has 11 heteroatoms. The summed E-state index contributed by atoms with van der Waals surface area (Å²) in [6.07, 6.45) is -4.80. The van der Waals surface area contributed by atoms with Gasteiger partial charge < -0.3 is 15.3 Å². The summed E-state index contributed by atoms with van der Waals surface area (Å²) < 4.78 is 67.8. The molecular weight excluding hydrogens is 499 g/mol. The number of sulfonamides is 1. The number of hydrogen-bond acceptors (Lipinski definition) is 6. The first-order valence-electron chi connectivity index (χ1n) is 11.4. The van der Waals surface area contributed by atoms with Crippen LogP contribution in [0.2, 0.25) is 0 Å². The quantitative estimate of drug-likeness (QED) is 0.451. The number of anilines is 1. The average molecular weight is 532 g/mol. The van der Waals surface area contributed by atoms with Crippen LogP contribution < -0.4 is 10.2 Å². The number of benzene rings is 2. The zero-order chi connectivity index (χ0) is 26.0. The largest absolute Gasteiger partial charge is 0.421 e. The molecule has 1 heterocycles. The van der Waals surface area contributed by atoms with Crippen LogP contribution >= 0.6 is 12.6 Å². The van der Waals surface area contributed by atoms with Crippen LogP contribution in [0.25, 0.3) is 0 Å². The second-order valence-electron chi connectivity index (χ2n) is 9.35. The molecule has 194 valence electrons. The van der Waals surface area contributed by atoms with Gasteiger partial charge in [-0.05, 0) is 49.2 Å². The molecule has 0 radical (unpaired) electrons. The van der Waals surface area contributed by atoms with Crippen molar-refractivity contribution < 1.29 is 26.7 Å². The van der Waals surface area contributed by atoms with E-state index in [1.165, 1.54) is 34.6 Å². The van der Waals surface area contributed by atoms with E-state index in [4.69, 9.17) is 0 Å². The van der Waals surface area contributed by atoms with Gasteiger partial charge in [-0.1, -0.05) is 38.1 Å². The molecule has 2 N–H and O–H groups in total. The van der Waals surface area contributed by atoms with Gasteiger partial charge in [-0.2, -0.15) is 17.5 Å². The number of halogens is 3. The Morgan fingerprint density at radius 2 is 1.74 bits per heavy atom. The molecule has 35 heavy (non-hydrogen) atoms. The van der Waals surface area contributed by atoms with Crippen LogP contribution in [0.15, 0.2) is 58.3 Å². The van der Waals surface area contributed by atoms with Gasteiger partial charge in [-0.25, -0.2) is 8.42 Å². The second kappa shape index (κ2) is 10.7. The molecular formula is C24H32F3N3O3S2. The first-order valence-corrected chi connectivity index (χ1v) is 13.3. The molecule has 0 spiro atoms. The average Bonchev–Trinajstić information content (AvgIpc) is 2.78. The molecule has 3 rings (SSSR count). The van der Waals surface area contributed by atoms with Gasteiger partial charge in [0, 0.05) is 36.8 Å². The summed E-state index contributed by atoms with van der Waals surface area (Å²) in [5.74, 6) is 0.395. The summed E-state index contributed by atoms with van der Waals surface area (Å²) in [6.45, 7) is 6.87. The Labute approximate surface area is 210 Å². The Balaban J connectivity index is 1.86. The summed E-state index contributed by atoms with van der Waals surface area (Å²) in [6, 6.07) is 11.9. The highest BCUT2D eigenvalue weighted by Crippen LogP contribution is 2.39. The van der Waals surface area contributed by atoms with Crippen LogP contribution in [0.1, 0.15) is 26.3 Å². The van der Waals surface area contributed by atoms with Gasteiger partial charge in [0.25, 0.3) is 0 Å². The van der Waals surface area contributed by atoms with E-state index in [2.05, 4.69) is 31.8 Å². The van der Waals surface area contributed by atoms with Gasteiger partial charge in [-0.15, -0.1) is 12.6 Å². The van der Waals surface area contributed by atoms with Crippen molar-refractivity contribution in [2.24, 2.45) is 5.92 Å². The van der Waals surface area contributed by atoms with E-state index >= 15 is 0 Å². The molecule has 1 aliphatic rings. The Kier molecular flexibility index (Phi) is 8.48. The topological polar surface area (TPSA) is 72.9 Å². The van der Waals surface area contributed by atoms with Crippen molar-refractivity contribution in [1.29, 1.82) is 0 Å². The summed E-state index contributed by atoms with van der Waals surface area (Å²) in [5.41, 5.74) is -2.55. The van der Waals surface area contributed by atoms with Crippen LogP contribution in [-0.2, 0) is 15.6 Å².